The molecule has 0 bridgehead atoms. The minimum atomic E-state index is -0.478. The molecule has 13 heteroatoms. The molecule has 0 fully saturated rings. The molecule has 224 valence electrons. The molecule has 0 aliphatic heterocycles. The maximum Gasteiger partial charge on any atom is 0.276 e. The van der Waals surface area contributed by atoms with Crippen molar-refractivity contribution in [3.05, 3.63) is 89.1 Å². The second kappa shape index (κ2) is 12.4. The Morgan fingerprint density at radius 3 is 2.52 bits per heavy atom. The van der Waals surface area contributed by atoms with Crippen LogP contribution in [0, 0.1) is 0 Å². The predicted octanol–water partition coefficient (Wildman–Crippen LogP) is 4.98. The van der Waals surface area contributed by atoms with Gasteiger partial charge in [-0.3, -0.25) is 14.5 Å². The van der Waals surface area contributed by atoms with Crippen molar-refractivity contribution in [3.8, 4) is 22.8 Å². The number of aliphatic hydroxyl groups excluding tert-OH is 1. The fraction of sp³-hybridized carbons (Fsp3) is 0.258. The Morgan fingerprint density at radius 1 is 1.00 bits per heavy atom. The zero-order chi connectivity index (χ0) is 30.6. The van der Waals surface area contributed by atoms with Gasteiger partial charge >= 0.3 is 0 Å². The first kappa shape index (κ1) is 28.7. The smallest absolute Gasteiger partial charge is 0.276 e. The van der Waals surface area contributed by atoms with Crippen molar-refractivity contribution < 1.29 is 9.63 Å². The van der Waals surface area contributed by atoms with Gasteiger partial charge in [-0.15, -0.1) is 0 Å². The lowest BCUT2D eigenvalue weighted by Crippen LogP contribution is -2.24. The molecule has 0 unspecified atom stereocenters. The molecule has 44 heavy (non-hydrogen) atoms. The number of fused-ring (bicyclic) bond motifs is 1. The van der Waals surface area contributed by atoms with E-state index in [0.717, 1.165) is 17.5 Å². The molecular formula is C31H32N10O3. The molecule has 0 spiro atoms. The number of rotatable bonds is 11. The minimum Gasteiger partial charge on any atom is -0.394 e. The largest absolute Gasteiger partial charge is 0.394 e. The minimum absolute atomic E-state index is 0.0284. The molecular weight excluding hydrogens is 560 g/mol. The van der Waals surface area contributed by atoms with Gasteiger partial charge in [0.25, 0.3) is 11.4 Å². The molecule has 0 aliphatic carbocycles. The summed E-state index contributed by atoms with van der Waals surface area (Å²) in [5.41, 5.74) is 2.58. The summed E-state index contributed by atoms with van der Waals surface area (Å²) in [7, 11) is 0. The van der Waals surface area contributed by atoms with Crippen molar-refractivity contribution in [2.45, 2.75) is 45.8 Å². The van der Waals surface area contributed by atoms with Crippen LogP contribution < -0.4 is 16.2 Å². The Kier molecular flexibility index (Phi) is 8.10. The third-order valence-corrected chi connectivity index (χ3v) is 7.06. The highest BCUT2D eigenvalue weighted by atomic mass is 16.5. The highest BCUT2D eigenvalue weighted by molar-refractivity contribution is 5.78. The van der Waals surface area contributed by atoms with Gasteiger partial charge in [-0.05, 0) is 50.1 Å². The predicted molar refractivity (Wildman–Crippen MR) is 166 cm³/mol. The van der Waals surface area contributed by atoms with E-state index < -0.39 is 6.04 Å². The summed E-state index contributed by atoms with van der Waals surface area (Å²) < 4.78 is 9.27. The third kappa shape index (κ3) is 5.64. The number of hydrogen-bond acceptors (Lipinski definition) is 11. The van der Waals surface area contributed by atoms with Crippen LogP contribution in [0.25, 0.3) is 33.9 Å². The van der Waals surface area contributed by atoms with Crippen LogP contribution in [0.3, 0.4) is 0 Å². The summed E-state index contributed by atoms with van der Waals surface area (Å²) in [6.45, 7) is 6.49. The average Bonchev–Trinajstić information content (AvgIpc) is 3.64. The highest BCUT2D eigenvalue weighted by Crippen LogP contribution is 2.31. The van der Waals surface area contributed by atoms with E-state index >= 15 is 0 Å². The van der Waals surface area contributed by atoms with Gasteiger partial charge < -0.3 is 20.3 Å². The summed E-state index contributed by atoms with van der Waals surface area (Å²) >= 11 is 0. The van der Waals surface area contributed by atoms with Crippen LogP contribution in [0.1, 0.15) is 44.8 Å². The van der Waals surface area contributed by atoms with E-state index in [1.807, 2.05) is 55.8 Å². The van der Waals surface area contributed by atoms with Crippen molar-refractivity contribution in [1.29, 1.82) is 0 Å². The first-order chi connectivity index (χ1) is 21.5. The number of benzene rings is 1. The molecule has 6 rings (SSSR count). The number of aromatic nitrogens is 8. The number of nitrogens with zero attached hydrogens (tertiary/aromatic N) is 8. The summed E-state index contributed by atoms with van der Waals surface area (Å²) in [6.07, 6.45) is 5.70. The Labute approximate surface area is 252 Å². The van der Waals surface area contributed by atoms with Gasteiger partial charge in [0, 0.05) is 36.7 Å². The van der Waals surface area contributed by atoms with E-state index in [9.17, 15) is 9.90 Å². The fourth-order valence-electron chi connectivity index (χ4n) is 5.01. The Balaban J connectivity index is 1.39. The normalized spacial score (nSPS) is 12.1. The lowest BCUT2D eigenvalue weighted by molar-refractivity contribution is 0.276. The second-order valence-electron chi connectivity index (χ2n) is 10.5. The maximum atomic E-state index is 13.1. The number of pyridine rings is 2. The van der Waals surface area contributed by atoms with E-state index in [1.165, 1.54) is 0 Å². The van der Waals surface area contributed by atoms with Crippen molar-refractivity contribution in [2.75, 3.05) is 17.2 Å². The lowest BCUT2D eigenvalue weighted by Gasteiger charge is -2.19. The molecule has 0 aliphatic rings. The molecule has 13 nitrogen and oxygen atoms in total. The van der Waals surface area contributed by atoms with E-state index in [4.69, 9.17) is 14.5 Å². The average molecular weight is 593 g/mol. The Hall–Kier alpha value is -5.43. The quantitative estimate of drug-likeness (QED) is 0.186. The molecule has 0 amide bonds. The van der Waals surface area contributed by atoms with Crippen LogP contribution in [0.5, 0.6) is 0 Å². The van der Waals surface area contributed by atoms with E-state index in [1.54, 1.807) is 47.5 Å². The first-order valence-electron chi connectivity index (χ1n) is 14.4. The van der Waals surface area contributed by atoms with Gasteiger partial charge in [0.2, 0.25) is 11.8 Å². The molecule has 5 heterocycles. The van der Waals surface area contributed by atoms with Crippen molar-refractivity contribution in [2.24, 2.45) is 0 Å². The number of hydrogen-bond donors (Lipinski definition) is 3. The van der Waals surface area contributed by atoms with Crippen LogP contribution >= 0.6 is 0 Å². The number of anilines is 3. The summed E-state index contributed by atoms with van der Waals surface area (Å²) in [6, 6.07) is 16.2. The summed E-state index contributed by atoms with van der Waals surface area (Å²) in [5.74, 6) is 1.67. The third-order valence-electron chi connectivity index (χ3n) is 7.06. The van der Waals surface area contributed by atoms with Gasteiger partial charge in [0.1, 0.15) is 17.2 Å². The molecule has 1 atom stereocenters. The molecule has 0 saturated carbocycles. The van der Waals surface area contributed by atoms with Gasteiger partial charge in [-0.1, -0.05) is 42.4 Å². The fourth-order valence-corrected chi connectivity index (χ4v) is 5.01. The van der Waals surface area contributed by atoms with Crippen LogP contribution in [0.15, 0.2) is 82.5 Å². The van der Waals surface area contributed by atoms with Crippen LogP contribution in [-0.2, 0) is 6.54 Å². The number of aliphatic hydroxyl groups is 1. The zero-order valence-electron chi connectivity index (χ0n) is 24.5. The van der Waals surface area contributed by atoms with Crippen LogP contribution in [0.2, 0.25) is 0 Å². The number of nitrogens with one attached hydrogen (secondary N) is 2. The maximum absolute atomic E-state index is 13.1. The first-order valence-corrected chi connectivity index (χ1v) is 14.4. The monoisotopic (exact) mass is 592 g/mol. The van der Waals surface area contributed by atoms with Crippen molar-refractivity contribution in [3.63, 3.8) is 0 Å². The zero-order valence-corrected chi connectivity index (χ0v) is 24.5. The topological polar surface area (TPSA) is 162 Å². The molecule has 1 aromatic carbocycles. The molecule has 6 aromatic rings. The molecule has 0 saturated heterocycles. The van der Waals surface area contributed by atoms with Gasteiger partial charge in [-0.25, -0.2) is 14.6 Å². The Bertz CT molecular complexity index is 1930. The van der Waals surface area contributed by atoms with Gasteiger partial charge in [0.15, 0.2) is 5.65 Å². The van der Waals surface area contributed by atoms with E-state index in [2.05, 4.69) is 30.7 Å². The molecule has 3 N–H and O–H groups in total. The summed E-state index contributed by atoms with van der Waals surface area (Å²) in [5, 5.41) is 21.4. The lowest BCUT2D eigenvalue weighted by atomic mass is 10.1. The summed E-state index contributed by atoms with van der Waals surface area (Å²) in [4.78, 5) is 35.7. The van der Waals surface area contributed by atoms with E-state index in [0.29, 0.717) is 40.6 Å². The van der Waals surface area contributed by atoms with Gasteiger partial charge in [0.05, 0.1) is 18.0 Å². The van der Waals surface area contributed by atoms with E-state index in [-0.39, 0.29) is 30.0 Å². The highest BCUT2D eigenvalue weighted by Gasteiger charge is 2.21. The Morgan fingerprint density at radius 2 is 1.80 bits per heavy atom. The SMILES string of the molecule is CCCn1c(=O)c2ccc(Nc3ncc(-c4nc(-c5ccncc5)no4)c(N[C@H](CO)c4ccccc4)n3)nc2n1C(C)C. The standard InChI is InChI=1S/C31H32N10O3/c1-4-16-40-30(43)22-10-11-25(35-28(22)41(40)19(2)3)36-31-33-17-23(29-37-26(39-44-29)21-12-14-32-15-13-21)27(38-31)34-24(18-42)20-8-6-5-7-9-20/h5-15,17,19,24,42H,4,16,18H2,1-3H3,(H2,33,34,35,36,38)/t24-/m1/s1. The molecule has 5 aromatic heterocycles. The van der Waals surface area contributed by atoms with Crippen LogP contribution in [-0.4, -0.2) is 51.2 Å². The van der Waals surface area contributed by atoms with Crippen molar-refractivity contribution in [1.82, 2.24) is 39.4 Å². The van der Waals surface area contributed by atoms with Crippen LogP contribution in [0.4, 0.5) is 17.6 Å². The van der Waals surface area contributed by atoms with Gasteiger partial charge in [-0.2, -0.15) is 9.97 Å². The van der Waals surface area contributed by atoms with Crippen molar-refractivity contribution >= 4 is 28.6 Å². The molecule has 0 radical (unpaired) electrons. The second-order valence-corrected chi connectivity index (χ2v) is 10.5.